The Kier molecular flexibility index (Phi) is 3.89. The zero-order chi connectivity index (χ0) is 12.5. The van der Waals surface area contributed by atoms with Crippen molar-refractivity contribution in [1.82, 2.24) is 9.97 Å². The normalized spacial score (nSPS) is 23.3. The molecule has 1 aliphatic heterocycles. The highest BCUT2D eigenvalue weighted by Crippen LogP contribution is 2.23. The van der Waals surface area contributed by atoms with Crippen LogP contribution in [0.2, 0.25) is 5.28 Å². The molecule has 1 N–H and O–H groups in total. The van der Waals surface area contributed by atoms with Crippen LogP contribution in [-0.2, 0) is 9.84 Å². The predicted molar refractivity (Wildman–Crippen MR) is 70.0 cm³/mol. The molecule has 1 fully saturated rings. The molecule has 5 nitrogen and oxygen atoms in total. The van der Waals surface area contributed by atoms with E-state index in [1.807, 2.05) is 0 Å². The van der Waals surface area contributed by atoms with Gasteiger partial charge in [-0.1, -0.05) is 0 Å². The van der Waals surface area contributed by atoms with Gasteiger partial charge in [-0.2, -0.15) is 4.98 Å². The fourth-order valence-electron chi connectivity index (χ4n) is 1.78. The number of anilines is 1. The molecule has 0 spiro atoms. The second-order valence-electron chi connectivity index (χ2n) is 3.93. The topological polar surface area (TPSA) is 72.0 Å². The summed E-state index contributed by atoms with van der Waals surface area (Å²) < 4.78 is 23.7. The SMILES string of the molecule is O=S1(=O)CCCC(Nc2nc(Cl)ncc2Br)C1. The van der Waals surface area contributed by atoms with Crippen molar-refractivity contribution >= 4 is 43.2 Å². The van der Waals surface area contributed by atoms with Crippen LogP contribution in [0.25, 0.3) is 0 Å². The Bertz CT molecular complexity index is 523. The maximum Gasteiger partial charge on any atom is 0.224 e. The molecular weight excluding hydrogens is 330 g/mol. The standard InChI is InChI=1S/C9H11BrClN3O2S/c10-7-4-12-9(11)14-8(7)13-6-2-1-3-17(15,16)5-6/h4,6H,1-3,5H2,(H,12,13,14). The highest BCUT2D eigenvalue weighted by molar-refractivity contribution is 9.10. The summed E-state index contributed by atoms with van der Waals surface area (Å²) >= 11 is 8.98. The summed E-state index contributed by atoms with van der Waals surface area (Å²) in [6.45, 7) is 0. The smallest absolute Gasteiger partial charge is 0.224 e. The summed E-state index contributed by atoms with van der Waals surface area (Å²) in [5, 5.41) is 3.22. The molecule has 0 aromatic carbocycles. The van der Waals surface area contributed by atoms with Crippen LogP contribution >= 0.6 is 27.5 Å². The number of nitrogens with one attached hydrogen (secondary N) is 1. The molecule has 0 aliphatic carbocycles. The summed E-state index contributed by atoms with van der Waals surface area (Å²) in [4.78, 5) is 7.83. The second-order valence-corrected chi connectivity index (χ2v) is 7.35. The molecule has 1 aromatic heterocycles. The van der Waals surface area contributed by atoms with E-state index in [1.54, 1.807) is 0 Å². The summed E-state index contributed by atoms with van der Waals surface area (Å²) in [6, 6.07) is -0.115. The predicted octanol–water partition coefficient (Wildman–Crippen LogP) is 1.88. The summed E-state index contributed by atoms with van der Waals surface area (Å²) in [5.41, 5.74) is 0. The van der Waals surface area contributed by atoms with E-state index < -0.39 is 9.84 Å². The van der Waals surface area contributed by atoms with Crippen LogP contribution < -0.4 is 5.32 Å². The molecule has 1 saturated heterocycles. The first-order valence-electron chi connectivity index (χ1n) is 5.11. The van der Waals surface area contributed by atoms with Gasteiger partial charge in [0, 0.05) is 12.2 Å². The van der Waals surface area contributed by atoms with Crippen molar-refractivity contribution in [1.29, 1.82) is 0 Å². The summed E-state index contributed by atoms with van der Waals surface area (Å²) in [7, 11) is -2.93. The minimum Gasteiger partial charge on any atom is -0.365 e. The number of nitrogens with zero attached hydrogens (tertiary/aromatic N) is 2. The van der Waals surface area contributed by atoms with Crippen LogP contribution in [0.5, 0.6) is 0 Å². The zero-order valence-corrected chi connectivity index (χ0v) is 12.0. The maximum atomic E-state index is 11.5. The third-order valence-corrected chi connectivity index (χ3v) is 5.10. The minimum atomic E-state index is -2.93. The fraction of sp³-hybridized carbons (Fsp3) is 0.556. The number of halogens is 2. The lowest BCUT2D eigenvalue weighted by molar-refractivity contribution is 0.561. The molecule has 0 saturated carbocycles. The van der Waals surface area contributed by atoms with Crippen molar-refractivity contribution in [2.24, 2.45) is 0 Å². The fourth-order valence-corrected chi connectivity index (χ4v) is 3.85. The van der Waals surface area contributed by atoms with Crippen molar-refractivity contribution in [3.63, 3.8) is 0 Å². The molecule has 0 bridgehead atoms. The van der Waals surface area contributed by atoms with E-state index in [4.69, 9.17) is 11.6 Å². The van der Waals surface area contributed by atoms with E-state index in [0.717, 1.165) is 6.42 Å². The van der Waals surface area contributed by atoms with E-state index in [-0.39, 0.29) is 22.8 Å². The minimum absolute atomic E-state index is 0.115. The number of aromatic nitrogens is 2. The lowest BCUT2D eigenvalue weighted by Gasteiger charge is -2.23. The monoisotopic (exact) mass is 339 g/mol. The van der Waals surface area contributed by atoms with Crippen molar-refractivity contribution < 1.29 is 8.42 Å². The van der Waals surface area contributed by atoms with Gasteiger partial charge < -0.3 is 5.32 Å². The third-order valence-electron chi connectivity index (χ3n) is 2.52. The number of sulfone groups is 1. The first-order chi connectivity index (χ1) is 7.96. The zero-order valence-electron chi connectivity index (χ0n) is 8.86. The van der Waals surface area contributed by atoms with Crippen molar-refractivity contribution in [3.05, 3.63) is 16.0 Å². The second kappa shape index (κ2) is 5.07. The van der Waals surface area contributed by atoms with Crippen LogP contribution in [0.4, 0.5) is 5.82 Å². The molecule has 1 aliphatic rings. The Morgan fingerprint density at radius 1 is 1.53 bits per heavy atom. The maximum absolute atomic E-state index is 11.5. The summed E-state index contributed by atoms with van der Waals surface area (Å²) in [6.07, 6.45) is 3.03. The van der Waals surface area contributed by atoms with E-state index in [9.17, 15) is 8.42 Å². The van der Waals surface area contributed by atoms with Crippen LogP contribution in [0.3, 0.4) is 0 Å². The van der Waals surface area contributed by atoms with Gasteiger partial charge in [0.05, 0.1) is 16.0 Å². The van der Waals surface area contributed by atoms with Gasteiger partial charge in [-0.25, -0.2) is 13.4 Å². The van der Waals surface area contributed by atoms with Gasteiger partial charge in [0.25, 0.3) is 0 Å². The molecule has 94 valence electrons. The molecule has 0 radical (unpaired) electrons. The van der Waals surface area contributed by atoms with E-state index in [1.165, 1.54) is 6.20 Å². The Morgan fingerprint density at radius 3 is 3.00 bits per heavy atom. The van der Waals surface area contributed by atoms with Gasteiger partial charge in [0.15, 0.2) is 9.84 Å². The molecule has 1 aromatic rings. The van der Waals surface area contributed by atoms with Crippen LogP contribution in [-0.4, -0.2) is 35.9 Å². The molecule has 8 heteroatoms. The highest BCUT2D eigenvalue weighted by Gasteiger charge is 2.25. The van der Waals surface area contributed by atoms with Gasteiger partial charge in [0.2, 0.25) is 5.28 Å². The Hall–Kier alpha value is -0.400. The van der Waals surface area contributed by atoms with E-state index in [2.05, 4.69) is 31.2 Å². The van der Waals surface area contributed by atoms with Gasteiger partial charge in [-0.15, -0.1) is 0 Å². The van der Waals surface area contributed by atoms with Crippen molar-refractivity contribution in [2.75, 3.05) is 16.8 Å². The first-order valence-corrected chi connectivity index (χ1v) is 8.10. The average Bonchev–Trinajstić information content (AvgIpc) is 2.22. The van der Waals surface area contributed by atoms with E-state index >= 15 is 0 Å². The highest BCUT2D eigenvalue weighted by atomic mass is 79.9. The van der Waals surface area contributed by atoms with Gasteiger partial charge in [0.1, 0.15) is 5.82 Å². The molecule has 17 heavy (non-hydrogen) atoms. The van der Waals surface area contributed by atoms with Gasteiger partial charge >= 0.3 is 0 Å². The van der Waals surface area contributed by atoms with E-state index in [0.29, 0.717) is 16.7 Å². The number of hydrogen-bond acceptors (Lipinski definition) is 5. The van der Waals surface area contributed by atoms with Crippen LogP contribution in [0, 0.1) is 0 Å². The van der Waals surface area contributed by atoms with Crippen LogP contribution in [0.15, 0.2) is 10.7 Å². The lowest BCUT2D eigenvalue weighted by Crippen LogP contribution is -2.35. The Labute approximate surface area is 113 Å². The molecule has 1 unspecified atom stereocenters. The molecule has 2 heterocycles. The third kappa shape index (κ3) is 3.53. The first kappa shape index (κ1) is 13.0. The molecular formula is C9H11BrClN3O2S. The Morgan fingerprint density at radius 2 is 2.29 bits per heavy atom. The van der Waals surface area contributed by atoms with Crippen molar-refractivity contribution in [2.45, 2.75) is 18.9 Å². The lowest BCUT2D eigenvalue weighted by atomic mass is 10.2. The van der Waals surface area contributed by atoms with Gasteiger partial charge in [-0.3, -0.25) is 0 Å². The number of hydrogen-bond donors (Lipinski definition) is 1. The molecule has 2 rings (SSSR count). The number of rotatable bonds is 2. The summed E-state index contributed by atoms with van der Waals surface area (Å²) in [5.74, 6) is 0.949. The molecule has 1 atom stereocenters. The van der Waals surface area contributed by atoms with Gasteiger partial charge in [-0.05, 0) is 40.4 Å². The van der Waals surface area contributed by atoms with Crippen LogP contribution in [0.1, 0.15) is 12.8 Å². The van der Waals surface area contributed by atoms with Crippen molar-refractivity contribution in [3.8, 4) is 0 Å². The molecule has 0 amide bonds. The quantitative estimate of drug-likeness (QED) is 0.832. The average molecular weight is 341 g/mol. The largest absolute Gasteiger partial charge is 0.365 e. The Balaban J connectivity index is 2.13.